The van der Waals surface area contributed by atoms with Gasteiger partial charge < -0.3 is 9.80 Å². The Morgan fingerprint density at radius 1 is 1.13 bits per heavy atom. The average Bonchev–Trinajstić information content (AvgIpc) is 3.03. The molecule has 6 heteroatoms. The third kappa shape index (κ3) is 3.76. The Morgan fingerprint density at radius 2 is 2.00 bits per heavy atom. The molecule has 3 rings (SSSR count). The molecular weight excluding hydrogens is 288 g/mol. The topological polar surface area (TPSA) is 48.4 Å². The van der Waals surface area contributed by atoms with Crippen molar-refractivity contribution in [3.05, 3.63) is 42.4 Å². The van der Waals surface area contributed by atoms with Gasteiger partial charge in [-0.2, -0.15) is 4.98 Å². The summed E-state index contributed by atoms with van der Waals surface area (Å²) in [4.78, 5) is 20.0. The predicted molar refractivity (Wildman–Crippen MR) is 92.7 cm³/mol. The molecule has 0 aromatic carbocycles. The summed E-state index contributed by atoms with van der Waals surface area (Å²) in [6.45, 7) is 3.05. The number of aromatic nitrogens is 3. The van der Waals surface area contributed by atoms with Crippen molar-refractivity contribution in [2.75, 3.05) is 44.0 Å². The number of pyridine rings is 1. The molecule has 2 aromatic rings. The summed E-state index contributed by atoms with van der Waals surface area (Å²) in [6, 6.07) is 8.55. The quantitative estimate of drug-likeness (QED) is 0.837. The van der Waals surface area contributed by atoms with Crippen molar-refractivity contribution in [1.29, 1.82) is 0 Å². The minimum atomic E-state index is 0.476. The fourth-order valence-electron chi connectivity index (χ4n) is 2.93. The zero-order chi connectivity index (χ0) is 16.2. The highest BCUT2D eigenvalue weighted by Gasteiger charge is 2.26. The molecule has 0 amide bonds. The van der Waals surface area contributed by atoms with Crippen LogP contribution < -0.4 is 9.80 Å². The van der Waals surface area contributed by atoms with E-state index >= 15 is 0 Å². The van der Waals surface area contributed by atoms with Gasteiger partial charge >= 0.3 is 0 Å². The Labute approximate surface area is 137 Å². The predicted octanol–water partition coefficient (Wildman–Crippen LogP) is 1.65. The number of anilines is 2. The first-order valence-corrected chi connectivity index (χ1v) is 7.99. The lowest BCUT2D eigenvalue weighted by Gasteiger charge is -2.26. The third-order valence-corrected chi connectivity index (χ3v) is 4.30. The molecule has 1 atom stereocenters. The number of hydrogen-bond acceptors (Lipinski definition) is 6. The fraction of sp³-hybridized carbons (Fsp3) is 0.471. The van der Waals surface area contributed by atoms with Crippen LogP contribution in [0.4, 0.5) is 11.8 Å². The van der Waals surface area contributed by atoms with Crippen molar-refractivity contribution in [2.24, 2.45) is 0 Å². The summed E-state index contributed by atoms with van der Waals surface area (Å²) in [6.07, 6.45) is 4.83. The van der Waals surface area contributed by atoms with Crippen molar-refractivity contribution in [3.63, 3.8) is 0 Å². The summed E-state index contributed by atoms with van der Waals surface area (Å²) in [7, 11) is 6.04. The second-order valence-electron chi connectivity index (χ2n) is 6.22. The van der Waals surface area contributed by atoms with E-state index in [9.17, 15) is 0 Å². The minimum absolute atomic E-state index is 0.476. The standard InChI is InChI=1S/C17H24N6/c1-21(2)17-19-10-7-16(20-17)22(3)15-8-11-23(13-15)12-14-6-4-5-9-18-14/h4-7,9-10,15H,8,11-13H2,1-3H3. The second kappa shape index (κ2) is 6.91. The smallest absolute Gasteiger partial charge is 0.226 e. The van der Waals surface area contributed by atoms with Crippen LogP contribution in [0.15, 0.2) is 36.7 Å². The number of likely N-dealkylation sites (tertiary alicyclic amines) is 1. The minimum Gasteiger partial charge on any atom is -0.355 e. The van der Waals surface area contributed by atoms with E-state index in [1.165, 1.54) is 0 Å². The molecule has 1 saturated heterocycles. The van der Waals surface area contributed by atoms with Gasteiger partial charge in [0.05, 0.1) is 5.69 Å². The Bertz CT molecular complexity index is 630. The van der Waals surface area contributed by atoms with E-state index in [1.54, 1.807) is 0 Å². The lowest BCUT2D eigenvalue weighted by molar-refractivity contribution is 0.322. The van der Waals surface area contributed by atoms with Gasteiger partial charge in [0.15, 0.2) is 0 Å². The van der Waals surface area contributed by atoms with Gasteiger partial charge in [-0.05, 0) is 24.6 Å². The lowest BCUT2D eigenvalue weighted by Crippen LogP contribution is -2.35. The fourth-order valence-corrected chi connectivity index (χ4v) is 2.93. The Morgan fingerprint density at radius 3 is 2.74 bits per heavy atom. The molecule has 0 spiro atoms. The maximum absolute atomic E-state index is 4.64. The van der Waals surface area contributed by atoms with E-state index < -0.39 is 0 Å². The molecule has 2 aromatic heterocycles. The number of rotatable bonds is 5. The van der Waals surface area contributed by atoms with Crippen molar-refractivity contribution in [2.45, 2.75) is 19.0 Å². The molecule has 122 valence electrons. The van der Waals surface area contributed by atoms with Crippen LogP contribution in [0.2, 0.25) is 0 Å². The van der Waals surface area contributed by atoms with Gasteiger partial charge in [0, 0.05) is 59.2 Å². The second-order valence-corrected chi connectivity index (χ2v) is 6.22. The van der Waals surface area contributed by atoms with Crippen molar-refractivity contribution < 1.29 is 0 Å². The van der Waals surface area contributed by atoms with E-state index in [2.05, 4.69) is 37.9 Å². The Kier molecular flexibility index (Phi) is 4.71. The first-order chi connectivity index (χ1) is 11.1. The number of hydrogen-bond donors (Lipinski definition) is 0. The van der Waals surface area contributed by atoms with Crippen LogP contribution in [-0.4, -0.2) is 60.1 Å². The van der Waals surface area contributed by atoms with Gasteiger partial charge in [-0.1, -0.05) is 6.07 Å². The molecule has 1 fully saturated rings. The molecule has 0 bridgehead atoms. The lowest BCUT2D eigenvalue weighted by atomic mass is 10.2. The third-order valence-electron chi connectivity index (χ3n) is 4.30. The molecule has 0 N–H and O–H groups in total. The molecule has 6 nitrogen and oxygen atoms in total. The van der Waals surface area contributed by atoms with Gasteiger partial charge in [-0.25, -0.2) is 4.98 Å². The van der Waals surface area contributed by atoms with Gasteiger partial charge in [0.25, 0.3) is 0 Å². The first-order valence-electron chi connectivity index (χ1n) is 7.99. The highest BCUT2D eigenvalue weighted by molar-refractivity contribution is 5.43. The van der Waals surface area contributed by atoms with Crippen LogP contribution in [-0.2, 0) is 6.54 Å². The van der Waals surface area contributed by atoms with Crippen molar-refractivity contribution in [3.8, 4) is 0 Å². The highest BCUT2D eigenvalue weighted by Crippen LogP contribution is 2.21. The molecule has 0 radical (unpaired) electrons. The normalized spacial score (nSPS) is 18.1. The average molecular weight is 312 g/mol. The Hall–Kier alpha value is -2.21. The van der Waals surface area contributed by atoms with E-state index in [1.807, 2.05) is 49.6 Å². The van der Waals surface area contributed by atoms with E-state index in [0.29, 0.717) is 6.04 Å². The van der Waals surface area contributed by atoms with E-state index in [0.717, 1.165) is 43.5 Å². The first kappa shape index (κ1) is 15.7. The molecule has 1 aliphatic heterocycles. The van der Waals surface area contributed by atoms with Crippen LogP contribution in [0.5, 0.6) is 0 Å². The summed E-state index contributed by atoms with van der Waals surface area (Å²) < 4.78 is 0. The summed E-state index contributed by atoms with van der Waals surface area (Å²) in [5, 5.41) is 0. The van der Waals surface area contributed by atoms with Crippen LogP contribution in [0, 0.1) is 0 Å². The largest absolute Gasteiger partial charge is 0.355 e. The van der Waals surface area contributed by atoms with Crippen LogP contribution in [0.1, 0.15) is 12.1 Å². The summed E-state index contributed by atoms with van der Waals surface area (Å²) in [5.41, 5.74) is 1.13. The van der Waals surface area contributed by atoms with Crippen molar-refractivity contribution >= 4 is 11.8 Å². The highest BCUT2D eigenvalue weighted by atomic mass is 15.3. The van der Waals surface area contributed by atoms with E-state index in [-0.39, 0.29) is 0 Å². The SMILES string of the molecule is CN(C)c1nccc(N(C)C2CCN(Cc3ccccn3)C2)n1. The van der Waals surface area contributed by atoms with Gasteiger partial charge in [0.2, 0.25) is 5.95 Å². The maximum atomic E-state index is 4.64. The molecule has 1 unspecified atom stereocenters. The van der Waals surface area contributed by atoms with Gasteiger partial charge in [-0.15, -0.1) is 0 Å². The monoisotopic (exact) mass is 312 g/mol. The zero-order valence-electron chi connectivity index (χ0n) is 14.1. The maximum Gasteiger partial charge on any atom is 0.226 e. The summed E-state index contributed by atoms with van der Waals surface area (Å²) >= 11 is 0. The number of likely N-dealkylation sites (N-methyl/N-ethyl adjacent to an activating group) is 1. The molecule has 0 saturated carbocycles. The van der Waals surface area contributed by atoms with Crippen LogP contribution >= 0.6 is 0 Å². The van der Waals surface area contributed by atoms with Gasteiger partial charge in [0.1, 0.15) is 5.82 Å². The molecule has 23 heavy (non-hydrogen) atoms. The molecule has 1 aliphatic rings. The zero-order valence-corrected chi connectivity index (χ0v) is 14.1. The molecule has 3 heterocycles. The Balaban J connectivity index is 1.63. The van der Waals surface area contributed by atoms with Crippen LogP contribution in [0.25, 0.3) is 0 Å². The molecule has 0 aliphatic carbocycles. The number of nitrogens with zero attached hydrogens (tertiary/aromatic N) is 6. The molecular formula is C17H24N6. The van der Waals surface area contributed by atoms with E-state index in [4.69, 9.17) is 0 Å². The van der Waals surface area contributed by atoms with Gasteiger partial charge in [-0.3, -0.25) is 9.88 Å². The van der Waals surface area contributed by atoms with Crippen molar-refractivity contribution in [1.82, 2.24) is 19.9 Å². The summed E-state index contributed by atoms with van der Waals surface area (Å²) in [5.74, 6) is 1.73. The van der Waals surface area contributed by atoms with Crippen LogP contribution in [0.3, 0.4) is 0 Å².